The van der Waals surface area contributed by atoms with Crippen LogP contribution in [0.2, 0.25) is 0 Å². The fourth-order valence-corrected chi connectivity index (χ4v) is 0. The molecule has 0 heterocycles. The summed E-state index contributed by atoms with van der Waals surface area (Å²) in [6, 6.07) is 0. The first-order valence-corrected chi connectivity index (χ1v) is 4.81. The fraction of sp³-hybridized carbons (Fsp3) is 0. The molecule has 0 spiro atoms. The van der Waals surface area contributed by atoms with Crippen LogP contribution in [0.3, 0.4) is 0 Å². The Kier molecular flexibility index (Phi) is 825. The Bertz CT molecular complexity index is 18.5. The zero-order chi connectivity index (χ0) is 2.71. The van der Waals surface area contributed by atoms with E-state index < -0.39 is 18.2 Å². The molecule has 12 N–H and O–H groups in total. The van der Waals surface area contributed by atoms with E-state index >= 15 is 0 Å². The van der Waals surface area contributed by atoms with Crippen molar-refractivity contribution in [2.75, 3.05) is 0 Å². The molecule has 0 rings (SSSR count). The Balaban J connectivity index is -0.000000000714. The van der Waals surface area contributed by atoms with E-state index in [0.29, 0.717) is 0 Å². The second-order valence-electron chi connectivity index (χ2n) is 0.101. The minimum Gasteiger partial charge on any atom is 0.316 e. The van der Waals surface area contributed by atoms with Gasteiger partial charge in [-0.1, -0.05) is 0 Å². The van der Waals surface area contributed by atoms with Gasteiger partial charge < -0.3 is 51.0 Å². The van der Waals surface area contributed by atoms with Crippen molar-refractivity contribution in [3.05, 3.63) is 0 Å². The molecule has 0 saturated heterocycles. The molecule has 0 atom stereocenters. The van der Waals surface area contributed by atoms with E-state index in [-0.39, 0.29) is 107 Å². The van der Waals surface area contributed by atoms with Gasteiger partial charge in [0, 0.05) is 0 Å². The zero-order valence-electron chi connectivity index (χ0n) is 4.46. The van der Waals surface area contributed by atoms with E-state index in [2.05, 4.69) is 0 Å². The number of rotatable bonds is 0. The Morgan fingerprint density at radius 3 is 0.636 bits per heavy atom. The van der Waals surface area contributed by atoms with Gasteiger partial charge in [0.2, 0.25) is 0 Å². The molecular weight excluding hydrogens is 255 g/mol. The van der Waals surface area contributed by atoms with Crippen LogP contribution >= 0.6 is 18.1 Å². The van der Waals surface area contributed by atoms with Crippen molar-refractivity contribution in [1.29, 1.82) is 0 Å². The average molecular weight is 270 g/mol. The third kappa shape index (κ3) is 145. The van der Waals surface area contributed by atoms with Crippen molar-refractivity contribution >= 4 is 111 Å². The third-order valence-electron chi connectivity index (χ3n) is 0. The first-order chi connectivity index (χ1) is 1.41. The molecule has 0 saturated carbocycles. The molecule has 0 amide bonds. The number of hydrogen-bond donors (Lipinski definition) is 0. The minimum absolute atomic E-state index is 0. The molecule has 11 heteroatoms. The van der Waals surface area contributed by atoms with Crippen molar-refractivity contribution in [2.24, 2.45) is 0 Å². The van der Waals surface area contributed by atoms with Gasteiger partial charge >= 0.3 is 92.6 Å². The molecule has 0 aromatic heterocycles. The van der Waals surface area contributed by atoms with Crippen molar-refractivity contribution < 1.29 is 32.9 Å². The topological polar surface area (TPSA) is 189 Å². The van der Waals surface area contributed by atoms with E-state index in [9.17, 15) is 0 Å². The smallest absolute Gasteiger partial charge is 0.316 e. The van der Waals surface area contributed by atoms with Crippen molar-refractivity contribution in [2.45, 2.75) is 0 Å². The molecule has 0 fully saturated rings. The quantitative estimate of drug-likeness (QED) is 0.379. The van der Waals surface area contributed by atoms with Gasteiger partial charge in [-0.2, -0.15) is 0 Å². The van der Waals surface area contributed by atoms with Crippen LogP contribution in [0.15, 0.2) is 0 Å². The Hall–Kier alpha value is 3.51. The van der Waals surface area contributed by atoms with Crippen molar-refractivity contribution in [1.82, 2.24) is 0 Å². The largest absolute Gasteiger partial charge is 0.316 e. The van der Waals surface area contributed by atoms with Crippen LogP contribution in [0.1, 0.15) is 0 Å². The van der Waals surface area contributed by atoms with Crippen LogP contribution in [-0.2, 0) is 0 Å². The number of halogens is 2. The molecular formula is H15Cl2KMg2O6. The predicted octanol–water partition coefficient (Wildman–Crippen LogP) is -5.51. The molecule has 0 aromatic rings. The Morgan fingerprint density at radius 2 is 0.636 bits per heavy atom. The molecule has 11 heavy (non-hydrogen) atoms. The van der Waals surface area contributed by atoms with Crippen LogP contribution in [0.4, 0.5) is 0 Å². The maximum Gasteiger partial charge on any atom is 0.316 e. The number of hydrogen-bond acceptors (Lipinski definition) is 0. The van der Waals surface area contributed by atoms with Gasteiger partial charge in [0.1, 0.15) is 0 Å². The fourth-order valence-electron chi connectivity index (χ4n) is 0. The summed E-state index contributed by atoms with van der Waals surface area (Å²) in [5.74, 6) is 0. The summed E-state index contributed by atoms with van der Waals surface area (Å²) in [6.45, 7) is 0. The normalized spacial score (nSPS) is 0.909. The second kappa shape index (κ2) is 104. The monoisotopic (exact) mass is 268 g/mol. The standard InChI is InChI=1S/2ClH.K.2Mg.6H2O.3H/h2*1H;;;;6*1H2;;;/q;;;;+2;;;;;;;;;/p-2. The van der Waals surface area contributed by atoms with Crippen molar-refractivity contribution in [3.8, 4) is 0 Å². The summed E-state index contributed by atoms with van der Waals surface area (Å²) in [5, 5.41) is 0. The van der Waals surface area contributed by atoms with Crippen LogP contribution in [0.25, 0.3) is 0 Å². The van der Waals surface area contributed by atoms with Gasteiger partial charge in [-0.15, -0.1) is 0 Å². The molecule has 0 radical (unpaired) electrons. The van der Waals surface area contributed by atoms with Crippen molar-refractivity contribution in [3.63, 3.8) is 0 Å². The summed E-state index contributed by atoms with van der Waals surface area (Å²) >= 11 is -0.639. The van der Waals surface area contributed by atoms with Gasteiger partial charge in [0.25, 0.3) is 0 Å². The summed E-state index contributed by atoms with van der Waals surface area (Å²) < 4.78 is 0. The van der Waals surface area contributed by atoms with E-state index in [1.165, 1.54) is 0 Å². The van der Waals surface area contributed by atoms with E-state index in [0.717, 1.165) is 0 Å². The molecule has 0 aliphatic rings. The first-order valence-electron chi connectivity index (χ1n) is 0.535. The van der Waals surface area contributed by atoms with Gasteiger partial charge in [0.05, 0.1) is 0 Å². The molecule has 0 aliphatic carbocycles. The Labute approximate surface area is 140 Å². The van der Waals surface area contributed by atoms with E-state index in [1.807, 2.05) is 0 Å². The Morgan fingerprint density at radius 1 is 0.636 bits per heavy atom. The minimum atomic E-state index is -0.639. The molecule has 0 aliphatic heterocycles. The van der Waals surface area contributed by atoms with E-state index in [4.69, 9.17) is 18.1 Å². The molecule has 0 aromatic carbocycles. The SMILES string of the molecule is O.O.O.O.O.O.[Cl][Mg][Cl].[KH].[MgH2]. The molecule has 0 bridgehead atoms. The zero-order valence-corrected chi connectivity index (χ0v) is 7.39. The predicted molar refractivity (Wildman–Crippen MR) is 54.8 cm³/mol. The summed E-state index contributed by atoms with van der Waals surface area (Å²) in [5.41, 5.74) is 0. The molecule has 70 valence electrons. The molecule has 6 nitrogen and oxygen atoms in total. The van der Waals surface area contributed by atoms with Crippen LogP contribution < -0.4 is 0 Å². The summed E-state index contributed by atoms with van der Waals surface area (Å²) in [7, 11) is 9.81. The first kappa shape index (κ1) is 87.2. The molecule has 0 unspecified atom stereocenters. The average Bonchev–Trinajstić information content (AvgIpc) is 0.918. The van der Waals surface area contributed by atoms with Gasteiger partial charge in [-0.25, -0.2) is 0 Å². The van der Waals surface area contributed by atoms with Gasteiger partial charge in [0.15, 0.2) is 0 Å². The summed E-state index contributed by atoms with van der Waals surface area (Å²) in [6.07, 6.45) is 0. The van der Waals surface area contributed by atoms with Gasteiger partial charge in [-0.05, 0) is 0 Å². The third-order valence-corrected chi connectivity index (χ3v) is 0. The van der Waals surface area contributed by atoms with Crippen LogP contribution in [-0.4, -0.2) is 125 Å². The maximum absolute atomic E-state index is 4.90. The van der Waals surface area contributed by atoms with Crippen LogP contribution in [0, 0.1) is 0 Å². The second-order valence-corrected chi connectivity index (χ2v) is 2.73. The van der Waals surface area contributed by atoms with Gasteiger partial charge in [-0.3, -0.25) is 0 Å². The van der Waals surface area contributed by atoms with Crippen LogP contribution in [0.5, 0.6) is 0 Å². The maximum atomic E-state index is 4.90. The summed E-state index contributed by atoms with van der Waals surface area (Å²) in [4.78, 5) is 0. The van der Waals surface area contributed by atoms with E-state index in [1.54, 1.807) is 0 Å².